The second kappa shape index (κ2) is 8.20. The number of carbonyl (C=O) groups is 1. The van der Waals surface area contributed by atoms with E-state index in [1.807, 2.05) is 23.0 Å². The Kier molecular flexibility index (Phi) is 5.05. The van der Waals surface area contributed by atoms with Crippen LogP contribution < -0.4 is 0 Å². The van der Waals surface area contributed by atoms with Crippen molar-refractivity contribution in [2.45, 2.75) is 56.6 Å². The molecular weight excluding hydrogens is 410 g/mol. The van der Waals surface area contributed by atoms with E-state index in [4.69, 9.17) is 13.9 Å². The van der Waals surface area contributed by atoms with Crippen LogP contribution in [0.4, 0.5) is 4.79 Å². The molecule has 32 heavy (non-hydrogen) atoms. The number of likely N-dealkylation sites (tertiary alicyclic amines) is 1. The Morgan fingerprint density at radius 1 is 1.09 bits per heavy atom. The molecule has 9 heteroatoms. The summed E-state index contributed by atoms with van der Waals surface area (Å²) in [5, 5.41) is 14.3. The first kappa shape index (κ1) is 19.7. The number of amides is 1. The molecule has 1 atom stereocenters. The van der Waals surface area contributed by atoms with Crippen LogP contribution in [0.5, 0.6) is 0 Å². The molecule has 1 aliphatic carbocycles. The lowest BCUT2D eigenvalue weighted by molar-refractivity contribution is 0.0220. The molecule has 1 amide bonds. The van der Waals surface area contributed by atoms with Gasteiger partial charge in [0.1, 0.15) is 6.10 Å². The van der Waals surface area contributed by atoms with Crippen LogP contribution in [0.3, 0.4) is 0 Å². The number of fused-ring (bicyclic) bond motifs is 1. The van der Waals surface area contributed by atoms with E-state index in [1.54, 1.807) is 4.90 Å². The van der Waals surface area contributed by atoms with Gasteiger partial charge in [-0.2, -0.15) is 5.10 Å². The third-order valence-corrected chi connectivity index (χ3v) is 6.96. The molecule has 0 N–H and O–H groups in total. The molecule has 6 rings (SSSR count). The number of rotatable bonds is 4. The van der Waals surface area contributed by atoms with Gasteiger partial charge in [0.2, 0.25) is 11.8 Å². The van der Waals surface area contributed by atoms with Gasteiger partial charge >= 0.3 is 6.09 Å². The van der Waals surface area contributed by atoms with Gasteiger partial charge in [-0.05, 0) is 50.7 Å². The summed E-state index contributed by atoms with van der Waals surface area (Å²) >= 11 is 0. The molecule has 3 aromatic rings. The topological polar surface area (TPSA) is 95.5 Å². The summed E-state index contributed by atoms with van der Waals surface area (Å²) in [5.41, 5.74) is 1.94. The number of hydrogen-bond acceptors (Lipinski definition) is 7. The normalized spacial score (nSPS) is 22.4. The van der Waals surface area contributed by atoms with Crippen molar-refractivity contribution < 1.29 is 18.7 Å². The Bertz CT molecular complexity index is 1110. The summed E-state index contributed by atoms with van der Waals surface area (Å²) in [6, 6.07) is 6.37. The Morgan fingerprint density at radius 3 is 2.72 bits per heavy atom. The van der Waals surface area contributed by atoms with Crippen molar-refractivity contribution in [3.63, 3.8) is 0 Å². The second-order valence-corrected chi connectivity index (χ2v) is 9.02. The van der Waals surface area contributed by atoms with E-state index in [9.17, 15) is 4.79 Å². The average molecular weight is 438 g/mol. The minimum absolute atomic E-state index is 0.119. The van der Waals surface area contributed by atoms with Crippen molar-refractivity contribution in [2.75, 3.05) is 26.3 Å². The number of benzene rings is 1. The van der Waals surface area contributed by atoms with Crippen LogP contribution in [0, 0.1) is 0 Å². The van der Waals surface area contributed by atoms with Gasteiger partial charge in [0, 0.05) is 36.6 Å². The van der Waals surface area contributed by atoms with Crippen LogP contribution in [0.15, 0.2) is 28.8 Å². The summed E-state index contributed by atoms with van der Waals surface area (Å²) in [7, 11) is 0. The molecule has 0 bridgehead atoms. The van der Waals surface area contributed by atoms with Crippen molar-refractivity contribution in [1.29, 1.82) is 0 Å². The number of ether oxygens (including phenoxy) is 2. The first-order valence-electron chi connectivity index (χ1n) is 11.6. The fraction of sp³-hybridized carbons (Fsp3) is 0.565. The largest absolute Gasteiger partial charge is 0.446 e. The Morgan fingerprint density at radius 2 is 1.97 bits per heavy atom. The zero-order valence-electron chi connectivity index (χ0n) is 18.0. The van der Waals surface area contributed by atoms with Gasteiger partial charge < -0.3 is 18.8 Å². The summed E-state index contributed by atoms with van der Waals surface area (Å²) in [4.78, 5) is 14.1. The zero-order chi connectivity index (χ0) is 21.5. The van der Waals surface area contributed by atoms with Crippen molar-refractivity contribution in [1.82, 2.24) is 24.9 Å². The van der Waals surface area contributed by atoms with Gasteiger partial charge in [0.05, 0.1) is 24.4 Å². The minimum atomic E-state index is -0.183. The molecular formula is C23H27N5O4. The predicted octanol–water partition coefficient (Wildman–Crippen LogP) is 3.92. The lowest BCUT2D eigenvalue weighted by Crippen LogP contribution is -2.41. The molecule has 1 saturated carbocycles. The molecule has 0 radical (unpaired) electrons. The minimum Gasteiger partial charge on any atom is -0.446 e. The summed E-state index contributed by atoms with van der Waals surface area (Å²) in [6.45, 7) is 2.78. The Labute approximate surface area is 185 Å². The SMILES string of the molecule is O=C(OC1CCC1)N1CCC(c2nnc(-c3ccc4cnn(C5CCOC5)c4c3)o2)CC1. The Hall–Kier alpha value is -2.94. The highest BCUT2D eigenvalue weighted by molar-refractivity contribution is 5.83. The first-order chi connectivity index (χ1) is 15.7. The molecule has 2 aliphatic heterocycles. The van der Waals surface area contributed by atoms with E-state index in [2.05, 4.69) is 21.4 Å². The van der Waals surface area contributed by atoms with Crippen molar-refractivity contribution in [2.24, 2.45) is 0 Å². The summed E-state index contributed by atoms with van der Waals surface area (Å²) in [5.74, 6) is 1.32. The lowest BCUT2D eigenvalue weighted by atomic mass is 9.96. The molecule has 168 valence electrons. The Balaban J connectivity index is 1.14. The highest BCUT2D eigenvalue weighted by Crippen LogP contribution is 2.32. The van der Waals surface area contributed by atoms with E-state index >= 15 is 0 Å². The standard InChI is InChI=1S/C23H27N5O4/c29-23(31-19-2-1-3-19)27-9-6-15(7-10-27)21-25-26-22(32-21)16-4-5-17-13-24-28(20(17)12-16)18-8-11-30-14-18/h4-5,12-13,15,18-19H,1-3,6-11,14H2. The number of carbonyl (C=O) groups excluding carboxylic acids is 1. The van der Waals surface area contributed by atoms with Gasteiger partial charge in [0.15, 0.2) is 0 Å². The molecule has 9 nitrogen and oxygen atoms in total. The highest BCUT2D eigenvalue weighted by atomic mass is 16.6. The number of aromatic nitrogens is 4. The van der Waals surface area contributed by atoms with Gasteiger partial charge in [-0.25, -0.2) is 4.79 Å². The van der Waals surface area contributed by atoms with E-state index in [1.165, 1.54) is 0 Å². The van der Waals surface area contributed by atoms with E-state index in [-0.39, 0.29) is 24.2 Å². The van der Waals surface area contributed by atoms with Gasteiger partial charge in [-0.1, -0.05) is 6.07 Å². The summed E-state index contributed by atoms with van der Waals surface area (Å²) in [6.07, 6.45) is 7.54. The van der Waals surface area contributed by atoms with Gasteiger partial charge in [0.25, 0.3) is 0 Å². The van der Waals surface area contributed by atoms with E-state index < -0.39 is 0 Å². The maximum absolute atomic E-state index is 12.3. The molecule has 4 heterocycles. The second-order valence-electron chi connectivity index (χ2n) is 9.02. The van der Waals surface area contributed by atoms with Crippen LogP contribution in [-0.4, -0.2) is 63.4 Å². The zero-order valence-corrected chi connectivity index (χ0v) is 18.0. The molecule has 0 spiro atoms. The van der Waals surface area contributed by atoms with Gasteiger partial charge in [-0.3, -0.25) is 4.68 Å². The summed E-state index contributed by atoms with van der Waals surface area (Å²) < 4.78 is 19.2. The molecule has 1 aromatic carbocycles. The van der Waals surface area contributed by atoms with Crippen molar-refractivity contribution in [3.05, 3.63) is 30.3 Å². The average Bonchev–Trinajstić information content (AvgIpc) is 3.56. The third kappa shape index (κ3) is 3.64. The third-order valence-electron chi connectivity index (χ3n) is 6.96. The quantitative estimate of drug-likeness (QED) is 0.610. The molecule has 2 aromatic heterocycles. The molecule has 3 aliphatic rings. The fourth-order valence-corrected chi connectivity index (χ4v) is 4.71. The molecule has 2 saturated heterocycles. The molecule has 1 unspecified atom stereocenters. The number of hydrogen-bond donors (Lipinski definition) is 0. The van der Waals surface area contributed by atoms with E-state index in [0.29, 0.717) is 31.5 Å². The van der Waals surface area contributed by atoms with Crippen LogP contribution in [-0.2, 0) is 9.47 Å². The lowest BCUT2D eigenvalue weighted by Gasteiger charge is -2.33. The first-order valence-corrected chi connectivity index (χ1v) is 11.6. The van der Waals surface area contributed by atoms with Gasteiger partial charge in [-0.15, -0.1) is 10.2 Å². The number of nitrogens with zero attached hydrogens (tertiary/aromatic N) is 5. The number of piperidine rings is 1. The smallest absolute Gasteiger partial charge is 0.410 e. The maximum Gasteiger partial charge on any atom is 0.410 e. The monoisotopic (exact) mass is 437 g/mol. The van der Waals surface area contributed by atoms with Crippen molar-refractivity contribution in [3.8, 4) is 11.5 Å². The van der Waals surface area contributed by atoms with Crippen molar-refractivity contribution >= 4 is 17.0 Å². The van der Waals surface area contributed by atoms with Crippen LogP contribution >= 0.6 is 0 Å². The molecule has 3 fully saturated rings. The predicted molar refractivity (Wildman–Crippen MR) is 115 cm³/mol. The van der Waals surface area contributed by atoms with Crippen LogP contribution in [0.25, 0.3) is 22.4 Å². The maximum atomic E-state index is 12.3. The van der Waals surface area contributed by atoms with E-state index in [0.717, 1.165) is 61.6 Å². The van der Waals surface area contributed by atoms with Crippen LogP contribution in [0.1, 0.15) is 56.4 Å². The highest BCUT2D eigenvalue weighted by Gasteiger charge is 2.30. The van der Waals surface area contributed by atoms with Crippen LogP contribution in [0.2, 0.25) is 0 Å². The fourth-order valence-electron chi connectivity index (χ4n) is 4.71.